The third kappa shape index (κ3) is 2.87. The van der Waals surface area contributed by atoms with Crippen LogP contribution in [0.1, 0.15) is 22.8 Å². The predicted molar refractivity (Wildman–Crippen MR) is 80.1 cm³/mol. The van der Waals surface area contributed by atoms with Crippen LogP contribution in [0.4, 0.5) is 0 Å². The summed E-state index contributed by atoms with van der Waals surface area (Å²) in [6.07, 6.45) is 1.35. The quantitative estimate of drug-likeness (QED) is 0.782. The number of aromatic nitrogens is 3. The molecule has 0 atom stereocenters. The molecule has 0 fully saturated rings. The van der Waals surface area contributed by atoms with Crippen molar-refractivity contribution in [2.75, 3.05) is 0 Å². The Morgan fingerprint density at radius 1 is 1.14 bits per heavy atom. The van der Waals surface area contributed by atoms with Crippen molar-refractivity contribution in [3.8, 4) is 5.69 Å². The molecule has 0 aliphatic rings. The van der Waals surface area contributed by atoms with Gasteiger partial charge in [-0.25, -0.2) is 0 Å². The van der Waals surface area contributed by atoms with Crippen molar-refractivity contribution in [3.63, 3.8) is 0 Å². The Labute approximate surface area is 123 Å². The molecule has 0 aliphatic carbocycles. The van der Waals surface area contributed by atoms with Crippen LogP contribution in [-0.4, -0.2) is 14.7 Å². The van der Waals surface area contributed by atoms with Gasteiger partial charge in [0, 0.05) is 23.6 Å². The molecule has 108 valence electrons. The van der Waals surface area contributed by atoms with Gasteiger partial charge in [-0.3, -0.25) is 0 Å². The highest BCUT2D eigenvalue weighted by Crippen LogP contribution is 2.20. The number of nitrogens with one attached hydrogen (secondary N) is 1. The van der Waals surface area contributed by atoms with Crippen LogP contribution in [0, 0.1) is 13.8 Å². The van der Waals surface area contributed by atoms with E-state index in [4.69, 9.17) is 4.52 Å². The highest BCUT2D eigenvalue weighted by molar-refractivity contribution is 5.40. The second kappa shape index (κ2) is 5.93. The van der Waals surface area contributed by atoms with Gasteiger partial charge >= 0.3 is 0 Å². The lowest BCUT2D eigenvalue weighted by atomic mass is 10.2. The molecule has 0 bridgehead atoms. The Hall–Kier alpha value is -2.40. The summed E-state index contributed by atoms with van der Waals surface area (Å²) in [7, 11) is 0. The summed E-state index contributed by atoms with van der Waals surface area (Å²) < 4.78 is 6.99. The van der Waals surface area contributed by atoms with E-state index in [9.17, 15) is 0 Å². The summed E-state index contributed by atoms with van der Waals surface area (Å²) in [5.41, 5.74) is 4.95. The van der Waals surface area contributed by atoms with Gasteiger partial charge in [-0.1, -0.05) is 23.4 Å². The molecule has 0 unspecified atom stereocenters. The molecule has 2 aromatic heterocycles. The van der Waals surface area contributed by atoms with Gasteiger partial charge in [0.05, 0.1) is 6.54 Å². The van der Waals surface area contributed by atoms with Crippen molar-refractivity contribution in [2.45, 2.75) is 26.9 Å². The van der Waals surface area contributed by atoms with Gasteiger partial charge in [-0.2, -0.15) is 4.98 Å². The van der Waals surface area contributed by atoms with E-state index in [-0.39, 0.29) is 0 Å². The van der Waals surface area contributed by atoms with Gasteiger partial charge in [-0.05, 0) is 37.6 Å². The van der Waals surface area contributed by atoms with E-state index in [0.29, 0.717) is 12.4 Å². The molecule has 1 N–H and O–H groups in total. The first-order chi connectivity index (χ1) is 10.3. The van der Waals surface area contributed by atoms with Crippen LogP contribution < -0.4 is 5.32 Å². The van der Waals surface area contributed by atoms with Crippen LogP contribution in [0.5, 0.6) is 0 Å². The minimum Gasteiger partial charge on any atom is -0.343 e. The fraction of sp³-hybridized carbons (Fsp3) is 0.250. The molecular weight excluding hydrogens is 264 g/mol. The standard InChI is InChI=1S/C16H18N4O/c1-12-8-14(9-17-10-16-18-11-21-19-16)13(2)20(12)15-6-4-3-5-7-15/h3-8,11,17H,9-10H2,1-2H3. The zero-order valence-electron chi connectivity index (χ0n) is 12.2. The smallest absolute Gasteiger partial charge is 0.213 e. The molecule has 3 aromatic rings. The van der Waals surface area contributed by atoms with E-state index in [0.717, 1.165) is 6.54 Å². The number of rotatable bonds is 5. The Bertz CT molecular complexity index is 701. The minimum atomic E-state index is 0.603. The summed E-state index contributed by atoms with van der Waals surface area (Å²) >= 11 is 0. The molecule has 2 heterocycles. The second-order valence-corrected chi connectivity index (χ2v) is 5.02. The molecule has 5 heteroatoms. The molecule has 0 aliphatic heterocycles. The molecule has 5 nitrogen and oxygen atoms in total. The first-order valence-electron chi connectivity index (χ1n) is 6.95. The lowest BCUT2D eigenvalue weighted by Gasteiger charge is -2.10. The van der Waals surface area contributed by atoms with Gasteiger partial charge in [0.2, 0.25) is 6.39 Å². The van der Waals surface area contributed by atoms with Crippen LogP contribution >= 0.6 is 0 Å². The van der Waals surface area contributed by atoms with Gasteiger partial charge in [-0.15, -0.1) is 0 Å². The molecule has 0 saturated heterocycles. The summed E-state index contributed by atoms with van der Waals surface area (Å²) in [6, 6.07) is 12.6. The molecule has 0 saturated carbocycles. The SMILES string of the molecule is Cc1cc(CNCc2ncon2)c(C)n1-c1ccccc1. The number of aryl methyl sites for hydroxylation is 1. The fourth-order valence-electron chi connectivity index (χ4n) is 2.56. The lowest BCUT2D eigenvalue weighted by Crippen LogP contribution is -2.14. The average molecular weight is 282 g/mol. The van der Waals surface area contributed by atoms with Crippen LogP contribution in [0.2, 0.25) is 0 Å². The summed E-state index contributed by atoms with van der Waals surface area (Å²) in [5, 5.41) is 7.12. The van der Waals surface area contributed by atoms with Gasteiger partial charge < -0.3 is 14.4 Å². The van der Waals surface area contributed by atoms with Crippen LogP contribution in [-0.2, 0) is 13.1 Å². The van der Waals surface area contributed by atoms with Crippen molar-refractivity contribution in [1.82, 2.24) is 20.0 Å². The summed E-state index contributed by atoms with van der Waals surface area (Å²) in [4.78, 5) is 3.99. The molecule has 0 radical (unpaired) electrons. The van der Waals surface area contributed by atoms with Gasteiger partial charge in [0.1, 0.15) is 0 Å². The van der Waals surface area contributed by atoms with Gasteiger partial charge in [0.25, 0.3) is 0 Å². The Morgan fingerprint density at radius 2 is 1.95 bits per heavy atom. The van der Waals surface area contributed by atoms with Crippen molar-refractivity contribution < 1.29 is 4.52 Å². The number of para-hydroxylation sites is 1. The van der Waals surface area contributed by atoms with Crippen molar-refractivity contribution >= 4 is 0 Å². The predicted octanol–water partition coefficient (Wildman–Crippen LogP) is 2.77. The van der Waals surface area contributed by atoms with E-state index >= 15 is 0 Å². The zero-order valence-corrected chi connectivity index (χ0v) is 12.2. The topological polar surface area (TPSA) is 55.9 Å². The molecule has 0 spiro atoms. The maximum atomic E-state index is 4.72. The molecular formula is C16H18N4O. The number of hydrogen-bond donors (Lipinski definition) is 1. The summed E-state index contributed by atoms with van der Waals surface area (Å²) in [6.45, 7) is 5.65. The lowest BCUT2D eigenvalue weighted by molar-refractivity contribution is 0.407. The highest BCUT2D eigenvalue weighted by atomic mass is 16.5. The van der Waals surface area contributed by atoms with E-state index in [1.165, 1.54) is 29.0 Å². The fourth-order valence-corrected chi connectivity index (χ4v) is 2.56. The van der Waals surface area contributed by atoms with Crippen molar-refractivity contribution in [3.05, 3.63) is 65.6 Å². The normalized spacial score (nSPS) is 11.0. The van der Waals surface area contributed by atoms with Crippen molar-refractivity contribution in [1.29, 1.82) is 0 Å². The third-order valence-corrected chi connectivity index (χ3v) is 3.56. The third-order valence-electron chi connectivity index (χ3n) is 3.56. The second-order valence-electron chi connectivity index (χ2n) is 5.02. The summed E-state index contributed by atoms with van der Waals surface area (Å²) in [5.74, 6) is 0.673. The number of benzene rings is 1. The monoisotopic (exact) mass is 282 g/mol. The largest absolute Gasteiger partial charge is 0.343 e. The first-order valence-corrected chi connectivity index (χ1v) is 6.95. The maximum Gasteiger partial charge on any atom is 0.213 e. The molecule has 0 amide bonds. The van der Waals surface area contributed by atoms with E-state index < -0.39 is 0 Å². The number of hydrogen-bond acceptors (Lipinski definition) is 4. The van der Waals surface area contributed by atoms with E-state index in [1.54, 1.807) is 0 Å². The zero-order chi connectivity index (χ0) is 14.7. The first kappa shape index (κ1) is 13.6. The van der Waals surface area contributed by atoms with Crippen LogP contribution in [0.15, 0.2) is 47.3 Å². The maximum absolute atomic E-state index is 4.72. The highest BCUT2D eigenvalue weighted by Gasteiger charge is 2.10. The van der Waals surface area contributed by atoms with Crippen LogP contribution in [0.25, 0.3) is 5.69 Å². The van der Waals surface area contributed by atoms with Gasteiger partial charge in [0.15, 0.2) is 5.82 Å². The van der Waals surface area contributed by atoms with E-state index in [1.807, 2.05) is 6.07 Å². The Morgan fingerprint density at radius 3 is 2.67 bits per heavy atom. The Kier molecular flexibility index (Phi) is 3.83. The number of nitrogens with zero attached hydrogens (tertiary/aromatic N) is 3. The minimum absolute atomic E-state index is 0.603. The Balaban J connectivity index is 1.75. The van der Waals surface area contributed by atoms with E-state index in [2.05, 4.69) is 64.2 Å². The molecule has 21 heavy (non-hydrogen) atoms. The molecule has 1 aromatic carbocycles. The average Bonchev–Trinajstić information content (AvgIpc) is 3.09. The van der Waals surface area contributed by atoms with Crippen LogP contribution in [0.3, 0.4) is 0 Å². The van der Waals surface area contributed by atoms with Crippen molar-refractivity contribution in [2.24, 2.45) is 0 Å². The molecule has 3 rings (SSSR count).